The first-order valence-corrected chi connectivity index (χ1v) is 8.24. The van der Waals surface area contributed by atoms with Gasteiger partial charge in [0.1, 0.15) is 11.1 Å². The zero-order chi connectivity index (χ0) is 12.7. The van der Waals surface area contributed by atoms with Crippen molar-refractivity contribution in [3.05, 3.63) is 16.1 Å². The molecule has 0 radical (unpaired) electrons. The molecule has 2 atom stereocenters. The van der Waals surface area contributed by atoms with Crippen LogP contribution in [-0.2, 0) is 11.3 Å². The van der Waals surface area contributed by atoms with E-state index in [1.165, 1.54) is 37.1 Å². The van der Waals surface area contributed by atoms with Crippen molar-refractivity contribution >= 4 is 11.3 Å². The Labute approximate surface area is 118 Å². The van der Waals surface area contributed by atoms with Gasteiger partial charge in [0.05, 0.1) is 6.61 Å². The van der Waals surface area contributed by atoms with E-state index < -0.39 is 0 Å². The maximum absolute atomic E-state index is 6.02. The molecule has 3 heterocycles. The second kappa shape index (κ2) is 5.13. The van der Waals surface area contributed by atoms with E-state index in [0.29, 0.717) is 6.04 Å². The van der Waals surface area contributed by atoms with Gasteiger partial charge in [-0.3, -0.25) is 4.90 Å². The molecule has 3 fully saturated rings. The molecule has 0 spiro atoms. The van der Waals surface area contributed by atoms with Crippen molar-refractivity contribution in [3.63, 3.8) is 0 Å². The highest BCUT2D eigenvalue weighted by Crippen LogP contribution is 2.32. The lowest BCUT2D eigenvalue weighted by Gasteiger charge is -2.34. The maximum atomic E-state index is 6.02. The van der Waals surface area contributed by atoms with Crippen molar-refractivity contribution in [2.45, 2.75) is 50.4 Å². The van der Waals surface area contributed by atoms with E-state index >= 15 is 0 Å². The number of fused-ring (bicyclic) bond motifs is 1. The van der Waals surface area contributed by atoms with E-state index in [0.717, 1.165) is 30.7 Å². The minimum atomic E-state index is 0.203. The molecule has 2 unspecified atom stereocenters. The van der Waals surface area contributed by atoms with Gasteiger partial charge in [-0.15, -0.1) is 11.3 Å². The van der Waals surface area contributed by atoms with Gasteiger partial charge < -0.3 is 10.1 Å². The maximum Gasteiger partial charge on any atom is 0.123 e. The van der Waals surface area contributed by atoms with Crippen LogP contribution in [0.25, 0.3) is 0 Å². The normalized spacial score (nSPS) is 31.6. The van der Waals surface area contributed by atoms with Crippen molar-refractivity contribution in [3.8, 4) is 0 Å². The molecule has 4 nitrogen and oxygen atoms in total. The van der Waals surface area contributed by atoms with Crippen LogP contribution < -0.4 is 5.32 Å². The highest BCUT2D eigenvalue weighted by Gasteiger charge is 2.34. The Kier molecular flexibility index (Phi) is 3.31. The summed E-state index contributed by atoms with van der Waals surface area (Å²) in [6, 6.07) is 1.44. The highest BCUT2D eigenvalue weighted by molar-refractivity contribution is 7.11. The Morgan fingerprint density at radius 2 is 2.37 bits per heavy atom. The number of aromatic nitrogens is 1. The molecule has 5 heteroatoms. The lowest BCUT2D eigenvalue weighted by Crippen LogP contribution is -2.42. The Morgan fingerprint density at radius 3 is 3.26 bits per heavy atom. The number of nitrogens with one attached hydrogen (secondary N) is 1. The topological polar surface area (TPSA) is 37.4 Å². The lowest BCUT2D eigenvalue weighted by atomic mass is 10.2. The number of nitrogens with zero attached hydrogens (tertiary/aromatic N) is 2. The Hall–Kier alpha value is -0.490. The third-order valence-corrected chi connectivity index (χ3v) is 5.47. The van der Waals surface area contributed by atoms with Gasteiger partial charge in [-0.1, -0.05) is 0 Å². The van der Waals surface area contributed by atoms with Crippen LogP contribution in [0.2, 0.25) is 0 Å². The molecule has 2 aliphatic heterocycles. The molecule has 1 aliphatic carbocycles. The standard InChI is InChI=1S/C14H21N3OS/c1-2-11-9-18-13(8-17(11)5-1)14-16-7-12(19-14)6-15-10-3-4-10/h7,10-11,13,15H,1-6,8-9H2. The number of thiazole rings is 1. The minimum absolute atomic E-state index is 0.203. The molecule has 1 N–H and O–H groups in total. The second-order valence-corrected chi connectivity index (χ2v) is 7.08. The van der Waals surface area contributed by atoms with Crippen LogP contribution >= 0.6 is 11.3 Å². The third-order valence-electron chi connectivity index (χ3n) is 4.38. The van der Waals surface area contributed by atoms with Crippen molar-refractivity contribution in [1.29, 1.82) is 0 Å². The molecule has 1 aromatic heterocycles. The average Bonchev–Trinajstić information content (AvgIpc) is 2.96. The number of hydrogen-bond donors (Lipinski definition) is 1. The van der Waals surface area contributed by atoms with Crippen LogP contribution in [0.15, 0.2) is 6.20 Å². The van der Waals surface area contributed by atoms with Gasteiger partial charge in [0, 0.05) is 36.2 Å². The summed E-state index contributed by atoms with van der Waals surface area (Å²) in [7, 11) is 0. The third kappa shape index (κ3) is 2.70. The predicted octanol–water partition coefficient (Wildman–Crippen LogP) is 1.93. The zero-order valence-corrected chi connectivity index (χ0v) is 12.0. The quantitative estimate of drug-likeness (QED) is 0.914. The van der Waals surface area contributed by atoms with Crippen LogP contribution in [0.4, 0.5) is 0 Å². The molecule has 4 rings (SSSR count). The largest absolute Gasteiger partial charge is 0.368 e. The van der Waals surface area contributed by atoms with E-state index in [9.17, 15) is 0 Å². The first-order chi connectivity index (χ1) is 9.38. The smallest absolute Gasteiger partial charge is 0.123 e. The van der Waals surface area contributed by atoms with Gasteiger partial charge in [-0.25, -0.2) is 4.98 Å². The van der Waals surface area contributed by atoms with Gasteiger partial charge in [0.15, 0.2) is 0 Å². The van der Waals surface area contributed by atoms with Gasteiger partial charge in [-0.2, -0.15) is 0 Å². The van der Waals surface area contributed by atoms with Gasteiger partial charge >= 0.3 is 0 Å². The van der Waals surface area contributed by atoms with Crippen molar-refractivity contribution < 1.29 is 4.74 Å². The summed E-state index contributed by atoms with van der Waals surface area (Å²) in [6.45, 7) is 4.14. The molecule has 0 amide bonds. The van der Waals surface area contributed by atoms with Crippen molar-refractivity contribution in [1.82, 2.24) is 15.2 Å². The summed E-state index contributed by atoms with van der Waals surface area (Å²) in [5.74, 6) is 0. The van der Waals surface area contributed by atoms with Gasteiger partial charge in [0.25, 0.3) is 0 Å². The van der Waals surface area contributed by atoms with E-state index in [2.05, 4.69) is 15.2 Å². The lowest BCUT2D eigenvalue weighted by molar-refractivity contribution is -0.0502. The summed E-state index contributed by atoms with van der Waals surface area (Å²) in [5.41, 5.74) is 0. The molecule has 19 heavy (non-hydrogen) atoms. The SMILES string of the molecule is c1nc(C2CN3CCCC3CO2)sc1CNC1CC1. The summed E-state index contributed by atoms with van der Waals surface area (Å²) in [4.78, 5) is 8.50. The fourth-order valence-corrected chi connectivity index (χ4v) is 3.96. The number of rotatable bonds is 4. The monoisotopic (exact) mass is 279 g/mol. The molecular formula is C14H21N3OS. The Morgan fingerprint density at radius 1 is 1.42 bits per heavy atom. The summed E-state index contributed by atoms with van der Waals surface area (Å²) in [5, 5.41) is 4.71. The molecule has 0 bridgehead atoms. The molecular weight excluding hydrogens is 258 g/mol. The zero-order valence-electron chi connectivity index (χ0n) is 11.2. The fourth-order valence-electron chi connectivity index (χ4n) is 3.05. The van der Waals surface area contributed by atoms with Crippen molar-refractivity contribution in [2.75, 3.05) is 19.7 Å². The van der Waals surface area contributed by atoms with E-state index in [1.54, 1.807) is 0 Å². The molecule has 104 valence electrons. The first kappa shape index (κ1) is 12.3. The molecule has 1 aromatic rings. The van der Waals surface area contributed by atoms with Gasteiger partial charge in [-0.05, 0) is 32.2 Å². The summed E-state index contributed by atoms with van der Waals surface area (Å²) in [6.07, 6.45) is 7.54. The van der Waals surface area contributed by atoms with E-state index in [4.69, 9.17) is 4.74 Å². The summed E-state index contributed by atoms with van der Waals surface area (Å²) >= 11 is 1.82. The second-order valence-electron chi connectivity index (χ2n) is 5.93. The molecule has 0 aromatic carbocycles. The predicted molar refractivity (Wildman–Crippen MR) is 75.3 cm³/mol. The van der Waals surface area contributed by atoms with Gasteiger partial charge in [0.2, 0.25) is 0 Å². The van der Waals surface area contributed by atoms with Crippen LogP contribution in [0.3, 0.4) is 0 Å². The van der Waals surface area contributed by atoms with Crippen molar-refractivity contribution in [2.24, 2.45) is 0 Å². The number of ether oxygens (including phenoxy) is 1. The Bertz CT molecular complexity index is 446. The van der Waals surface area contributed by atoms with E-state index in [1.807, 2.05) is 17.5 Å². The molecule has 3 aliphatic rings. The van der Waals surface area contributed by atoms with Crippen LogP contribution in [-0.4, -0.2) is 41.7 Å². The minimum Gasteiger partial charge on any atom is -0.368 e. The molecule has 2 saturated heterocycles. The number of hydrogen-bond acceptors (Lipinski definition) is 5. The highest BCUT2D eigenvalue weighted by atomic mass is 32.1. The molecule has 1 saturated carbocycles. The van der Waals surface area contributed by atoms with Crippen LogP contribution in [0, 0.1) is 0 Å². The van der Waals surface area contributed by atoms with Crippen LogP contribution in [0.5, 0.6) is 0 Å². The van der Waals surface area contributed by atoms with E-state index in [-0.39, 0.29) is 6.10 Å². The Balaban J connectivity index is 1.38. The van der Waals surface area contributed by atoms with Crippen LogP contribution in [0.1, 0.15) is 41.7 Å². The fraction of sp³-hybridized carbons (Fsp3) is 0.786. The summed E-state index contributed by atoms with van der Waals surface area (Å²) < 4.78 is 6.02. The average molecular weight is 279 g/mol. The first-order valence-electron chi connectivity index (χ1n) is 7.42. The number of morpholine rings is 1.